The molecule has 0 atom stereocenters. The van der Waals surface area contributed by atoms with E-state index in [0.29, 0.717) is 11.3 Å². The molecule has 1 aromatic rings. The van der Waals surface area contributed by atoms with E-state index in [2.05, 4.69) is 4.98 Å². The number of aromatic nitrogens is 1. The molecule has 0 aromatic carbocycles. The largest absolute Gasteiger partial charge is 0.296 e. The van der Waals surface area contributed by atoms with Crippen molar-refractivity contribution in [3.63, 3.8) is 0 Å². The molecule has 0 amide bonds. The van der Waals surface area contributed by atoms with Gasteiger partial charge in [-0.05, 0) is 12.1 Å². The van der Waals surface area contributed by atoms with Crippen molar-refractivity contribution in [2.24, 2.45) is 0 Å². The molecule has 0 fully saturated rings. The van der Waals surface area contributed by atoms with Gasteiger partial charge in [0.2, 0.25) is 0 Å². The van der Waals surface area contributed by atoms with Gasteiger partial charge in [0.25, 0.3) is 0 Å². The van der Waals surface area contributed by atoms with Crippen LogP contribution in [0.3, 0.4) is 0 Å². The Morgan fingerprint density at radius 3 is 2.75 bits per heavy atom. The van der Waals surface area contributed by atoms with Gasteiger partial charge in [0.1, 0.15) is 11.4 Å². The minimum atomic E-state index is -0.208. The number of rotatable bonds is 2. The monoisotopic (exact) mass is 183 g/mol. The number of halogens is 1. The summed E-state index contributed by atoms with van der Waals surface area (Å²) in [4.78, 5) is 24.9. The summed E-state index contributed by atoms with van der Waals surface area (Å²) in [5.74, 6) is -0.208. The Morgan fingerprint density at radius 1 is 1.58 bits per heavy atom. The fourth-order valence-electron chi connectivity index (χ4n) is 0.758. The van der Waals surface area contributed by atoms with Crippen molar-refractivity contribution in [1.82, 2.24) is 4.98 Å². The van der Waals surface area contributed by atoms with Crippen molar-refractivity contribution in [2.75, 3.05) is 0 Å². The smallest absolute Gasteiger partial charge is 0.178 e. The number of hydrogen-bond donors (Lipinski definition) is 0. The predicted octanol–water partition coefficient (Wildman–Crippen LogP) is 1.75. The van der Waals surface area contributed by atoms with Gasteiger partial charge in [-0.3, -0.25) is 9.59 Å². The molecule has 1 aromatic heterocycles. The SMILES string of the molecule is CC(=O)c1cc(Cl)cc(C=O)n1. The molecule has 0 saturated carbocycles. The van der Waals surface area contributed by atoms with Crippen molar-refractivity contribution in [3.8, 4) is 0 Å². The second-order valence-electron chi connectivity index (χ2n) is 2.27. The van der Waals surface area contributed by atoms with Crippen LogP contribution in [0.5, 0.6) is 0 Å². The van der Waals surface area contributed by atoms with E-state index in [1.807, 2.05) is 0 Å². The summed E-state index contributed by atoms with van der Waals surface area (Å²) in [6, 6.07) is 2.83. The van der Waals surface area contributed by atoms with E-state index >= 15 is 0 Å². The predicted molar refractivity (Wildman–Crippen MR) is 44.6 cm³/mol. The highest BCUT2D eigenvalue weighted by molar-refractivity contribution is 6.31. The molecule has 1 heterocycles. The Balaban J connectivity index is 3.23. The summed E-state index contributed by atoms with van der Waals surface area (Å²) in [5, 5.41) is 0.345. The van der Waals surface area contributed by atoms with E-state index in [-0.39, 0.29) is 17.2 Å². The minimum Gasteiger partial charge on any atom is -0.296 e. The van der Waals surface area contributed by atoms with Crippen LogP contribution in [-0.2, 0) is 0 Å². The molecule has 0 N–H and O–H groups in total. The van der Waals surface area contributed by atoms with Gasteiger partial charge < -0.3 is 0 Å². The van der Waals surface area contributed by atoms with Crippen LogP contribution in [0.1, 0.15) is 27.9 Å². The van der Waals surface area contributed by atoms with E-state index in [4.69, 9.17) is 11.6 Å². The number of carbonyl (C=O) groups is 2. The number of carbonyl (C=O) groups excluding carboxylic acids is 2. The van der Waals surface area contributed by atoms with Gasteiger partial charge in [-0.1, -0.05) is 11.6 Å². The van der Waals surface area contributed by atoms with Crippen molar-refractivity contribution in [1.29, 1.82) is 0 Å². The van der Waals surface area contributed by atoms with Crippen molar-refractivity contribution >= 4 is 23.7 Å². The maximum absolute atomic E-state index is 10.8. The Bertz CT molecular complexity index is 336. The minimum absolute atomic E-state index is 0.174. The fraction of sp³-hybridized carbons (Fsp3) is 0.125. The fourth-order valence-corrected chi connectivity index (χ4v) is 0.973. The second-order valence-corrected chi connectivity index (χ2v) is 2.71. The zero-order chi connectivity index (χ0) is 9.14. The van der Waals surface area contributed by atoms with Crippen LogP contribution in [0.15, 0.2) is 12.1 Å². The number of Topliss-reactive ketones (excluding diaryl/α,β-unsaturated/α-hetero) is 1. The summed E-state index contributed by atoms with van der Waals surface area (Å²) < 4.78 is 0. The van der Waals surface area contributed by atoms with Crippen LogP contribution < -0.4 is 0 Å². The zero-order valence-corrected chi connectivity index (χ0v) is 7.13. The Morgan fingerprint density at radius 2 is 2.25 bits per heavy atom. The van der Waals surface area contributed by atoms with E-state index < -0.39 is 0 Å². The summed E-state index contributed by atoms with van der Waals surface area (Å²) in [6.07, 6.45) is 0.554. The molecule has 0 saturated heterocycles. The molecule has 0 aliphatic heterocycles. The lowest BCUT2D eigenvalue weighted by Crippen LogP contribution is -1.99. The molecule has 62 valence electrons. The number of hydrogen-bond acceptors (Lipinski definition) is 3. The zero-order valence-electron chi connectivity index (χ0n) is 6.37. The van der Waals surface area contributed by atoms with Crippen LogP contribution >= 0.6 is 11.6 Å². The van der Waals surface area contributed by atoms with Gasteiger partial charge in [-0.15, -0.1) is 0 Å². The molecule has 0 unspecified atom stereocenters. The molecule has 0 aliphatic rings. The van der Waals surface area contributed by atoms with Crippen LogP contribution in [0, 0.1) is 0 Å². The maximum Gasteiger partial charge on any atom is 0.178 e. The van der Waals surface area contributed by atoms with E-state index in [1.54, 1.807) is 0 Å². The van der Waals surface area contributed by atoms with Crippen molar-refractivity contribution < 1.29 is 9.59 Å². The highest BCUT2D eigenvalue weighted by Crippen LogP contribution is 2.10. The number of ketones is 1. The molecular formula is C8H6ClNO2. The number of nitrogens with zero attached hydrogens (tertiary/aromatic N) is 1. The molecule has 0 radical (unpaired) electrons. The average molecular weight is 184 g/mol. The molecule has 4 heteroatoms. The molecule has 0 bridgehead atoms. The molecule has 0 spiro atoms. The van der Waals surface area contributed by atoms with Crippen molar-refractivity contribution in [3.05, 3.63) is 28.5 Å². The van der Waals surface area contributed by atoms with E-state index in [9.17, 15) is 9.59 Å². The van der Waals surface area contributed by atoms with Gasteiger partial charge in [0.15, 0.2) is 12.1 Å². The molecular weight excluding hydrogens is 178 g/mol. The lowest BCUT2D eigenvalue weighted by atomic mass is 10.2. The first kappa shape index (κ1) is 8.87. The van der Waals surface area contributed by atoms with Gasteiger partial charge in [-0.25, -0.2) is 4.98 Å². The number of aldehydes is 1. The van der Waals surface area contributed by atoms with Crippen LogP contribution in [-0.4, -0.2) is 17.1 Å². The van der Waals surface area contributed by atoms with Gasteiger partial charge in [0, 0.05) is 11.9 Å². The van der Waals surface area contributed by atoms with Crippen LogP contribution in [0.2, 0.25) is 5.02 Å². The van der Waals surface area contributed by atoms with E-state index in [1.165, 1.54) is 19.1 Å². The normalized spacial score (nSPS) is 9.50. The van der Waals surface area contributed by atoms with Gasteiger partial charge in [-0.2, -0.15) is 0 Å². The summed E-state index contributed by atoms with van der Waals surface area (Å²) in [7, 11) is 0. The van der Waals surface area contributed by atoms with Crippen LogP contribution in [0.25, 0.3) is 0 Å². The quantitative estimate of drug-likeness (QED) is 0.519. The molecule has 12 heavy (non-hydrogen) atoms. The van der Waals surface area contributed by atoms with Gasteiger partial charge in [0.05, 0.1) is 0 Å². The highest BCUT2D eigenvalue weighted by atomic mass is 35.5. The topological polar surface area (TPSA) is 47.0 Å². The molecule has 0 aliphatic carbocycles. The third-order valence-corrected chi connectivity index (χ3v) is 1.51. The summed E-state index contributed by atoms with van der Waals surface area (Å²) in [6.45, 7) is 1.37. The average Bonchev–Trinajstić information content (AvgIpc) is 2.03. The van der Waals surface area contributed by atoms with Crippen molar-refractivity contribution in [2.45, 2.75) is 6.92 Å². The Labute approximate surface area is 74.4 Å². The first-order valence-corrected chi connectivity index (χ1v) is 3.65. The maximum atomic E-state index is 10.8. The van der Waals surface area contributed by atoms with E-state index in [0.717, 1.165) is 0 Å². The second kappa shape index (κ2) is 3.45. The summed E-state index contributed by atoms with van der Waals surface area (Å²) >= 11 is 5.62. The highest BCUT2D eigenvalue weighted by Gasteiger charge is 2.04. The lowest BCUT2D eigenvalue weighted by molar-refractivity contribution is 0.101. The number of pyridine rings is 1. The Hall–Kier alpha value is -1.22. The summed E-state index contributed by atoms with van der Waals surface area (Å²) in [5.41, 5.74) is 0.386. The molecule has 3 nitrogen and oxygen atoms in total. The Kier molecular flexibility index (Phi) is 2.55. The van der Waals surface area contributed by atoms with Gasteiger partial charge >= 0.3 is 0 Å². The van der Waals surface area contributed by atoms with Crippen LogP contribution in [0.4, 0.5) is 0 Å². The first-order valence-electron chi connectivity index (χ1n) is 3.27. The first-order chi connectivity index (χ1) is 5.63. The molecule has 1 rings (SSSR count). The standard InChI is InChI=1S/C8H6ClNO2/c1-5(12)8-3-6(9)2-7(4-11)10-8/h2-4H,1H3. The third-order valence-electron chi connectivity index (χ3n) is 1.29. The lowest BCUT2D eigenvalue weighted by Gasteiger charge is -1.96. The third kappa shape index (κ3) is 1.89.